The zero-order chi connectivity index (χ0) is 13.4. The van der Waals surface area contributed by atoms with E-state index in [0.29, 0.717) is 0 Å². The Balaban J connectivity index is 2.02. The van der Waals surface area contributed by atoms with Crippen LogP contribution in [-0.4, -0.2) is 24.3 Å². The van der Waals surface area contributed by atoms with Gasteiger partial charge in [0.05, 0.1) is 10.2 Å². The van der Waals surface area contributed by atoms with Gasteiger partial charge in [-0.05, 0) is 58.8 Å². The number of aryl methyl sites for hydroxylation is 2. The summed E-state index contributed by atoms with van der Waals surface area (Å²) in [5.74, 6) is 0.938. The quantitative estimate of drug-likeness (QED) is 0.913. The molecule has 100 valence electrons. The van der Waals surface area contributed by atoms with Crippen LogP contribution in [0.2, 0.25) is 0 Å². The van der Waals surface area contributed by atoms with E-state index < -0.39 is 0 Å². The highest BCUT2D eigenvalue weighted by atomic mass is 79.9. The van der Waals surface area contributed by atoms with Crippen LogP contribution in [-0.2, 0) is 12.8 Å². The van der Waals surface area contributed by atoms with E-state index in [9.17, 15) is 0 Å². The molecule has 2 aromatic rings. The second-order valence-electron chi connectivity index (χ2n) is 5.32. The highest BCUT2D eigenvalue weighted by molar-refractivity contribution is 9.10. The van der Waals surface area contributed by atoms with E-state index in [0.717, 1.165) is 16.0 Å². The van der Waals surface area contributed by atoms with Crippen molar-refractivity contribution in [2.75, 3.05) is 19.0 Å². The van der Waals surface area contributed by atoms with Gasteiger partial charge in [-0.15, -0.1) is 0 Å². The first kappa shape index (κ1) is 12.7. The monoisotopic (exact) mass is 319 g/mol. The van der Waals surface area contributed by atoms with Gasteiger partial charge in [0, 0.05) is 19.7 Å². The predicted octanol–water partition coefficient (Wildman–Crippen LogP) is 3.78. The third-order valence-corrected chi connectivity index (χ3v) is 4.50. The molecule has 0 amide bonds. The molecule has 0 fully saturated rings. The standard InChI is InChI=1S/C15H18BrN3/c1-19(2)15-13(16)14(17-18-15)12-8-7-10-5-3-4-6-11(10)9-12/h7-9H,3-6H2,1-2H3,(H,17,18). The van der Waals surface area contributed by atoms with E-state index in [2.05, 4.69) is 44.3 Å². The second kappa shape index (κ2) is 5.00. The molecule has 4 heteroatoms. The van der Waals surface area contributed by atoms with Crippen molar-refractivity contribution in [3.63, 3.8) is 0 Å². The molecule has 1 heterocycles. The van der Waals surface area contributed by atoms with Crippen LogP contribution < -0.4 is 4.90 Å². The number of fused-ring (bicyclic) bond motifs is 1. The van der Waals surface area contributed by atoms with Crippen LogP contribution in [0, 0.1) is 0 Å². The molecule has 3 nitrogen and oxygen atoms in total. The van der Waals surface area contributed by atoms with Gasteiger partial charge in [-0.1, -0.05) is 12.1 Å². The number of aromatic amines is 1. The van der Waals surface area contributed by atoms with Gasteiger partial charge in [-0.25, -0.2) is 0 Å². The van der Waals surface area contributed by atoms with Gasteiger partial charge >= 0.3 is 0 Å². The van der Waals surface area contributed by atoms with Gasteiger partial charge in [0.1, 0.15) is 0 Å². The van der Waals surface area contributed by atoms with Gasteiger partial charge < -0.3 is 4.90 Å². The molecule has 3 rings (SSSR count). The van der Waals surface area contributed by atoms with E-state index in [1.54, 1.807) is 0 Å². The third kappa shape index (κ3) is 2.29. The van der Waals surface area contributed by atoms with Crippen molar-refractivity contribution < 1.29 is 0 Å². The summed E-state index contributed by atoms with van der Waals surface area (Å²) in [5.41, 5.74) is 5.29. The molecule has 1 N–H and O–H groups in total. The van der Waals surface area contributed by atoms with Crippen molar-refractivity contribution in [1.29, 1.82) is 0 Å². The molecule has 0 radical (unpaired) electrons. The summed E-state index contributed by atoms with van der Waals surface area (Å²) in [6.07, 6.45) is 5.06. The summed E-state index contributed by atoms with van der Waals surface area (Å²) >= 11 is 3.65. The molecular weight excluding hydrogens is 302 g/mol. The van der Waals surface area contributed by atoms with Crippen molar-refractivity contribution in [2.24, 2.45) is 0 Å². The first-order valence-electron chi connectivity index (χ1n) is 6.70. The SMILES string of the molecule is CN(C)c1n[nH]c(-c2ccc3c(c2)CCCC3)c1Br. The lowest BCUT2D eigenvalue weighted by atomic mass is 9.90. The topological polar surface area (TPSA) is 31.9 Å². The van der Waals surface area contributed by atoms with E-state index in [-0.39, 0.29) is 0 Å². The van der Waals surface area contributed by atoms with E-state index in [1.807, 2.05) is 19.0 Å². The highest BCUT2D eigenvalue weighted by Crippen LogP contribution is 2.34. The highest BCUT2D eigenvalue weighted by Gasteiger charge is 2.16. The minimum Gasteiger partial charge on any atom is -0.360 e. The van der Waals surface area contributed by atoms with Crippen LogP contribution >= 0.6 is 15.9 Å². The third-order valence-electron chi connectivity index (χ3n) is 3.75. The summed E-state index contributed by atoms with van der Waals surface area (Å²) in [7, 11) is 4.00. The van der Waals surface area contributed by atoms with Crippen molar-refractivity contribution in [3.8, 4) is 11.3 Å². The number of nitrogens with zero attached hydrogens (tertiary/aromatic N) is 2. The van der Waals surface area contributed by atoms with Crippen LogP contribution in [0.25, 0.3) is 11.3 Å². The Bertz CT molecular complexity index is 601. The van der Waals surface area contributed by atoms with E-state index in [1.165, 1.54) is 42.4 Å². The van der Waals surface area contributed by atoms with E-state index in [4.69, 9.17) is 0 Å². The first-order valence-corrected chi connectivity index (χ1v) is 7.49. The molecule has 0 spiro atoms. The van der Waals surface area contributed by atoms with Crippen LogP contribution in [0.3, 0.4) is 0 Å². The smallest absolute Gasteiger partial charge is 0.164 e. The molecular formula is C15H18BrN3. The molecule has 19 heavy (non-hydrogen) atoms. The molecule has 1 aliphatic carbocycles. The summed E-state index contributed by atoms with van der Waals surface area (Å²) < 4.78 is 1.04. The lowest BCUT2D eigenvalue weighted by Crippen LogP contribution is -2.09. The fourth-order valence-corrected chi connectivity index (χ4v) is 3.46. The number of hydrogen-bond acceptors (Lipinski definition) is 2. The minimum absolute atomic E-state index is 0.938. The van der Waals surface area contributed by atoms with Gasteiger partial charge in [-0.3, -0.25) is 5.10 Å². The minimum atomic E-state index is 0.938. The summed E-state index contributed by atoms with van der Waals surface area (Å²) in [6.45, 7) is 0. The zero-order valence-electron chi connectivity index (χ0n) is 11.3. The number of anilines is 1. The Morgan fingerprint density at radius 3 is 2.58 bits per heavy atom. The molecule has 0 bridgehead atoms. The number of H-pyrrole nitrogens is 1. The second-order valence-corrected chi connectivity index (χ2v) is 6.11. The number of aromatic nitrogens is 2. The van der Waals surface area contributed by atoms with Crippen molar-refractivity contribution in [2.45, 2.75) is 25.7 Å². The number of nitrogens with one attached hydrogen (secondary N) is 1. The van der Waals surface area contributed by atoms with Gasteiger partial charge in [0.25, 0.3) is 0 Å². The van der Waals surface area contributed by atoms with Crippen molar-refractivity contribution in [3.05, 3.63) is 33.8 Å². The van der Waals surface area contributed by atoms with Gasteiger partial charge in [0.2, 0.25) is 0 Å². The van der Waals surface area contributed by atoms with Crippen molar-refractivity contribution >= 4 is 21.7 Å². The molecule has 1 aromatic heterocycles. The molecule has 0 unspecified atom stereocenters. The Kier molecular flexibility index (Phi) is 3.35. The average Bonchev–Trinajstić information content (AvgIpc) is 2.80. The molecule has 0 aliphatic heterocycles. The normalized spacial score (nSPS) is 14.3. The lowest BCUT2D eigenvalue weighted by molar-refractivity contribution is 0.686. The molecule has 0 saturated carbocycles. The predicted molar refractivity (Wildman–Crippen MR) is 82.7 cm³/mol. The van der Waals surface area contributed by atoms with Crippen LogP contribution in [0.1, 0.15) is 24.0 Å². The molecule has 1 aromatic carbocycles. The fraction of sp³-hybridized carbons (Fsp3) is 0.400. The van der Waals surface area contributed by atoms with Crippen LogP contribution in [0.5, 0.6) is 0 Å². The number of hydrogen-bond donors (Lipinski definition) is 1. The largest absolute Gasteiger partial charge is 0.360 e. The fourth-order valence-electron chi connectivity index (χ4n) is 2.70. The first-order chi connectivity index (χ1) is 9.16. The van der Waals surface area contributed by atoms with Crippen molar-refractivity contribution in [1.82, 2.24) is 10.2 Å². The number of benzene rings is 1. The molecule has 0 saturated heterocycles. The maximum atomic E-state index is 4.36. The maximum Gasteiger partial charge on any atom is 0.164 e. The Morgan fingerprint density at radius 2 is 1.89 bits per heavy atom. The lowest BCUT2D eigenvalue weighted by Gasteiger charge is -2.16. The van der Waals surface area contributed by atoms with Crippen LogP contribution in [0.4, 0.5) is 5.82 Å². The zero-order valence-corrected chi connectivity index (χ0v) is 12.9. The summed E-state index contributed by atoms with van der Waals surface area (Å²) in [5, 5.41) is 7.50. The van der Waals surface area contributed by atoms with E-state index >= 15 is 0 Å². The summed E-state index contributed by atoms with van der Waals surface area (Å²) in [4.78, 5) is 2.00. The van der Waals surface area contributed by atoms with Gasteiger partial charge in [-0.2, -0.15) is 5.10 Å². The number of rotatable bonds is 2. The maximum absolute atomic E-state index is 4.36. The van der Waals surface area contributed by atoms with Crippen LogP contribution in [0.15, 0.2) is 22.7 Å². The Morgan fingerprint density at radius 1 is 1.16 bits per heavy atom. The molecule has 1 aliphatic rings. The summed E-state index contributed by atoms with van der Waals surface area (Å²) in [6, 6.07) is 6.78. The van der Waals surface area contributed by atoms with Gasteiger partial charge in [0.15, 0.2) is 5.82 Å². The number of halogens is 1. The average molecular weight is 320 g/mol. The Labute approximate surface area is 122 Å². The Hall–Kier alpha value is -1.29. The molecule has 0 atom stereocenters.